The van der Waals surface area contributed by atoms with Crippen molar-refractivity contribution in [2.45, 2.75) is 23.5 Å². The van der Waals surface area contributed by atoms with Crippen molar-refractivity contribution >= 4 is 21.7 Å². The molecule has 2 rings (SSSR count). The molecule has 0 unspecified atom stereocenters. The average Bonchev–Trinajstić information content (AvgIpc) is 2.72. The highest BCUT2D eigenvalue weighted by atomic mass is 32.2. The standard InChI is InChI=1S/C20H23NO6S/c1-26-18(15-9-5-3-6-10-15)19(22)21-17(20(23)27-2)13-14-28(24,25)16-11-7-4-8-12-16/h3-12,17-18H,13-14H2,1-2H3,(H,21,22)/t17-,18-/m0/s1. The number of hydrogen-bond acceptors (Lipinski definition) is 6. The van der Waals surface area contributed by atoms with Gasteiger partial charge in [-0.3, -0.25) is 4.79 Å². The molecule has 7 nitrogen and oxygen atoms in total. The summed E-state index contributed by atoms with van der Waals surface area (Å²) >= 11 is 0. The monoisotopic (exact) mass is 405 g/mol. The maximum Gasteiger partial charge on any atom is 0.328 e. The number of amides is 1. The molecule has 0 aliphatic carbocycles. The number of methoxy groups -OCH3 is 2. The first kappa shape index (κ1) is 21.6. The van der Waals surface area contributed by atoms with Crippen LogP contribution >= 0.6 is 0 Å². The van der Waals surface area contributed by atoms with Gasteiger partial charge in [-0.15, -0.1) is 0 Å². The fourth-order valence-electron chi connectivity index (χ4n) is 2.68. The van der Waals surface area contributed by atoms with Gasteiger partial charge in [0, 0.05) is 7.11 Å². The van der Waals surface area contributed by atoms with Gasteiger partial charge in [0.05, 0.1) is 17.8 Å². The zero-order valence-corrected chi connectivity index (χ0v) is 16.5. The molecule has 0 spiro atoms. The van der Waals surface area contributed by atoms with Gasteiger partial charge in [0.25, 0.3) is 5.91 Å². The van der Waals surface area contributed by atoms with Crippen LogP contribution in [0.3, 0.4) is 0 Å². The maximum absolute atomic E-state index is 12.6. The highest BCUT2D eigenvalue weighted by Gasteiger charge is 2.28. The number of benzene rings is 2. The number of nitrogens with one attached hydrogen (secondary N) is 1. The summed E-state index contributed by atoms with van der Waals surface area (Å²) in [6, 6.07) is 15.6. The summed E-state index contributed by atoms with van der Waals surface area (Å²) < 4.78 is 34.9. The lowest BCUT2D eigenvalue weighted by Crippen LogP contribution is -2.45. The van der Waals surface area contributed by atoms with E-state index in [1.165, 1.54) is 26.4 Å². The van der Waals surface area contributed by atoms with E-state index in [1.54, 1.807) is 48.5 Å². The topological polar surface area (TPSA) is 98.8 Å². The Bertz CT molecular complexity index is 883. The zero-order valence-electron chi connectivity index (χ0n) is 15.7. The lowest BCUT2D eigenvalue weighted by molar-refractivity contribution is -0.146. The van der Waals surface area contributed by atoms with Gasteiger partial charge in [-0.25, -0.2) is 13.2 Å². The second-order valence-electron chi connectivity index (χ2n) is 6.03. The molecule has 0 aromatic heterocycles. The predicted octanol–water partition coefficient (Wildman–Crippen LogP) is 1.90. The van der Waals surface area contributed by atoms with Crippen LogP contribution in [0.2, 0.25) is 0 Å². The first-order valence-electron chi connectivity index (χ1n) is 8.63. The van der Waals surface area contributed by atoms with Crippen molar-refractivity contribution in [3.63, 3.8) is 0 Å². The lowest BCUT2D eigenvalue weighted by atomic mass is 10.1. The number of sulfone groups is 1. The first-order valence-corrected chi connectivity index (χ1v) is 10.3. The normalized spacial score (nSPS) is 13.4. The Labute approximate surface area is 164 Å². The van der Waals surface area contributed by atoms with Gasteiger partial charge in [0.2, 0.25) is 0 Å². The summed E-state index contributed by atoms with van der Waals surface area (Å²) in [5.74, 6) is -1.60. The smallest absolute Gasteiger partial charge is 0.328 e. The van der Waals surface area contributed by atoms with E-state index in [0.717, 1.165) is 0 Å². The summed E-state index contributed by atoms with van der Waals surface area (Å²) in [5, 5.41) is 2.54. The minimum atomic E-state index is -3.60. The van der Waals surface area contributed by atoms with E-state index in [9.17, 15) is 18.0 Å². The van der Waals surface area contributed by atoms with E-state index in [4.69, 9.17) is 9.47 Å². The van der Waals surface area contributed by atoms with E-state index in [1.807, 2.05) is 0 Å². The molecule has 2 aromatic carbocycles. The number of carbonyl (C=O) groups is 2. The minimum absolute atomic E-state index is 0.124. The Balaban J connectivity index is 2.11. The second kappa shape index (κ2) is 10.0. The highest BCUT2D eigenvalue weighted by Crippen LogP contribution is 2.17. The predicted molar refractivity (Wildman–Crippen MR) is 103 cm³/mol. The first-order chi connectivity index (χ1) is 13.4. The van der Waals surface area contributed by atoms with Crippen molar-refractivity contribution in [3.05, 3.63) is 66.2 Å². The van der Waals surface area contributed by atoms with Crippen LogP contribution in [-0.4, -0.2) is 46.3 Å². The fraction of sp³-hybridized carbons (Fsp3) is 0.300. The molecule has 0 radical (unpaired) electrons. The van der Waals surface area contributed by atoms with E-state index in [0.29, 0.717) is 5.56 Å². The zero-order chi connectivity index (χ0) is 20.6. The fourth-order valence-corrected chi connectivity index (χ4v) is 4.03. The third kappa shape index (κ3) is 5.64. The molecular formula is C20H23NO6S. The van der Waals surface area contributed by atoms with Crippen LogP contribution in [0.4, 0.5) is 0 Å². The van der Waals surface area contributed by atoms with Gasteiger partial charge in [-0.1, -0.05) is 48.5 Å². The lowest BCUT2D eigenvalue weighted by Gasteiger charge is -2.21. The van der Waals surface area contributed by atoms with Gasteiger partial charge < -0.3 is 14.8 Å². The van der Waals surface area contributed by atoms with Gasteiger partial charge in [0.1, 0.15) is 6.04 Å². The van der Waals surface area contributed by atoms with E-state index in [-0.39, 0.29) is 17.1 Å². The molecule has 150 valence electrons. The van der Waals surface area contributed by atoms with Crippen molar-refractivity contribution in [2.75, 3.05) is 20.0 Å². The maximum atomic E-state index is 12.6. The number of hydrogen-bond donors (Lipinski definition) is 1. The minimum Gasteiger partial charge on any atom is -0.467 e. The number of esters is 1. The van der Waals surface area contributed by atoms with Crippen LogP contribution < -0.4 is 5.32 Å². The van der Waals surface area contributed by atoms with Crippen LogP contribution in [0.1, 0.15) is 18.1 Å². The van der Waals surface area contributed by atoms with Crippen LogP contribution in [0, 0.1) is 0 Å². The Morgan fingerprint density at radius 1 is 0.964 bits per heavy atom. The molecular weight excluding hydrogens is 382 g/mol. The molecule has 0 saturated heterocycles. The third-order valence-corrected chi connectivity index (χ3v) is 5.92. The SMILES string of the molecule is COC(=O)[C@H](CCS(=O)(=O)c1ccccc1)NC(=O)[C@@H](OC)c1ccccc1. The van der Waals surface area contributed by atoms with Crippen molar-refractivity contribution in [1.29, 1.82) is 0 Å². The number of ether oxygens (including phenoxy) is 2. The van der Waals surface area contributed by atoms with Gasteiger partial charge in [0.15, 0.2) is 15.9 Å². The Morgan fingerprint density at radius 2 is 1.54 bits per heavy atom. The molecule has 0 heterocycles. The molecule has 28 heavy (non-hydrogen) atoms. The van der Waals surface area contributed by atoms with Crippen molar-refractivity contribution in [1.82, 2.24) is 5.32 Å². The van der Waals surface area contributed by atoms with Crippen LogP contribution in [-0.2, 0) is 28.9 Å². The van der Waals surface area contributed by atoms with Gasteiger partial charge >= 0.3 is 5.97 Å². The molecule has 1 N–H and O–H groups in total. The summed E-state index contributed by atoms with van der Waals surface area (Å²) in [7, 11) is -1.04. The van der Waals surface area contributed by atoms with Crippen LogP contribution in [0.5, 0.6) is 0 Å². The molecule has 0 fully saturated rings. The third-order valence-electron chi connectivity index (χ3n) is 4.16. The highest BCUT2D eigenvalue weighted by molar-refractivity contribution is 7.91. The number of carbonyl (C=O) groups excluding carboxylic acids is 2. The van der Waals surface area contributed by atoms with Crippen LogP contribution in [0.25, 0.3) is 0 Å². The van der Waals surface area contributed by atoms with Crippen molar-refractivity contribution in [2.24, 2.45) is 0 Å². The van der Waals surface area contributed by atoms with Gasteiger partial charge in [-0.05, 0) is 24.1 Å². The van der Waals surface area contributed by atoms with E-state index in [2.05, 4.69) is 5.32 Å². The molecule has 0 aliphatic heterocycles. The quantitative estimate of drug-likeness (QED) is 0.640. The van der Waals surface area contributed by atoms with Gasteiger partial charge in [-0.2, -0.15) is 0 Å². The molecule has 0 saturated carbocycles. The Hall–Kier alpha value is -2.71. The second-order valence-corrected chi connectivity index (χ2v) is 8.14. The van der Waals surface area contributed by atoms with E-state index < -0.39 is 33.9 Å². The summed E-state index contributed by atoms with van der Waals surface area (Å²) in [6.45, 7) is 0. The molecule has 0 aliphatic rings. The van der Waals surface area contributed by atoms with Crippen molar-refractivity contribution < 1.29 is 27.5 Å². The molecule has 2 aromatic rings. The molecule has 2 atom stereocenters. The number of rotatable bonds is 9. The summed E-state index contributed by atoms with van der Waals surface area (Å²) in [4.78, 5) is 24.8. The molecule has 0 bridgehead atoms. The van der Waals surface area contributed by atoms with Crippen molar-refractivity contribution in [3.8, 4) is 0 Å². The summed E-state index contributed by atoms with van der Waals surface area (Å²) in [5.41, 5.74) is 0.614. The Morgan fingerprint density at radius 3 is 2.07 bits per heavy atom. The molecule has 8 heteroatoms. The largest absolute Gasteiger partial charge is 0.467 e. The molecule has 1 amide bonds. The average molecular weight is 405 g/mol. The van der Waals surface area contributed by atoms with E-state index >= 15 is 0 Å². The summed E-state index contributed by atoms with van der Waals surface area (Å²) in [6.07, 6.45) is -1.06. The van der Waals surface area contributed by atoms with Crippen LogP contribution in [0.15, 0.2) is 65.6 Å². The Kier molecular flexibility index (Phi) is 7.71.